The highest BCUT2D eigenvalue weighted by Crippen LogP contribution is 2.26. The Hall–Kier alpha value is -2.48. The van der Waals surface area contributed by atoms with E-state index in [1.54, 1.807) is 25.4 Å². The highest BCUT2D eigenvalue weighted by atomic mass is 35.5. The molecule has 6 nitrogen and oxygen atoms in total. The van der Waals surface area contributed by atoms with Gasteiger partial charge in [-0.25, -0.2) is 18.4 Å². The second-order valence-corrected chi connectivity index (χ2v) is 8.81. The van der Waals surface area contributed by atoms with Crippen LogP contribution in [-0.2, 0) is 23.0 Å². The molecule has 0 N–H and O–H groups in total. The quantitative estimate of drug-likeness (QED) is 0.651. The van der Waals surface area contributed by atoms with Crippen LogP contribution in [0.2, 0.25) is 5.02 Å². The average molecular weight is 416 g/mol. The molecule has 1 aromatic heterocycles. The molecule has 0 bridgehead atoms. The van der Waals surface area contributed by atoms with Crippen LogP contribution in [0.5, 0.6) is 5.75 Å². The largest absolute Gasteiger partial charge is 0.497 e. The number of nitrogens with zero attached hydrogens (tertiary/aromatic N) is 3. The molecule has 2 heterocycles. The van der Waals surface area contributed by atoms with Gasteiger partial charge in [0, 0.05) is 41.9 Å². The van der Waals surface area contributed by atoms with E-state index in [-0.39, 0.29) is 11.4 Å². The van der Waals surface area contributed by atoms with Gasteiger partial charge in [-0.05, 0) is 48.5 Å². The summed E-state index contributed by atoms with van der Waals surface area (Å²) in [6, 6.07) is 13.7. The molecule has 0 unspecified atom stereocenters. The van der Waals surface area contributed by atoms with Crippen molar-refractivity contribution in [3.05, 3.63) is 71.0 Å². The fraction of sp³-hybridized carbons (Fsp3) is 0.200. The van der Waals surface area contributed by atoms with E-state index in [0.29, 0.717) is 23.8 Å². The lowest BCUT2D eigenvalue weighted by molar-refractivity contribution is 0.387. The molecule has 8 heteroatoms. The first-order valence-corrected chi connectivity index (χ1v) is 10.5. The molecule has 1 aliphatic rings. The number of methoxy groups -OCH3 is 1. The predicted molar refractivity (Wildman–Crippen MR) is 107 cm³/mol. The van der Waals surface area contributed by atoms with Gasteiger partial charge in [-0.15, -0.1) is 0 Å². The van der Waals surface area contributed by atoms with Crippen LogP contribution in [0, 0.1) is 0 Å². The summed E-state index contributed by atoms with van der Waals surface area (Å²) in [6.07, 6.45) is 2.25. The van der Waals surface area contributed by atoms with Crippen molar-refractivity contribution < 1.29 is 13.2 Å². The van der Waals surface area contributed by atoms with Crippen molar-refractivity contribution in [2.45, 2.75) is 17.9 Å². The van der Waals surface area contributed by atoms with Gasteiger partial charge >= 0.3 is 0 Å². The number of ether oxygens (including phenoxy) is 1. The van der Waals surface area contributed by atoms with Crippen LogP contribution in [0.3, 0.4) is 0 Å². The Kier molecular flexibility index (Phi) is 5.05. The molecule has 0 radical (unpaired) electrons. The Morgan fingerprint density at radius 3 is 2.46 bits per heavy atom. The van der Waals surface area contributed by atoms with Gasteiger partial charge in [0.2, 0.25) is 10.0 Å². The smallest absolute Gasteiger partial charge is 0.243 e. The summed E-state index contributed by atoms with van der Waals surface area (Å²) in [5, 5.41) is 0.502. The van der Waals surface area contributed by atoms with Crippen LogP contribution in [0.1, 0.15) is 11.3 Å². The molecule has 0 saturated heterocycles. The molecule has 3 aromatic rings. The number of rotatable bonds is 4. The minimum Gasteiger partial charge on any atom is -0.497 e. The van der Waals surface area contributed by atoms with Crippen molar-refractivity contribution >= 4 is 21.6 Å². The Morgan fingerprint density at radius 2 is 1.79 bits per heavy atom. The number of sulfonamides is 1. The van der Waals surface area contributed by atoms with Crippen LogP contribution in [0.25, 0.3) is 11.4 Å². The molecule has 4 rings (SSSR count). The maximum absolute atomic E-state index is 12.9. The lowest BCUT2D eigenvalue weighted by Gasteiger charge is -2.27. The van der Waals surface area contributed by atoms with Crippen molar-refractivity contribution in [2.24, 2.45) is 0 Å². The van der Waals surface area contributed by atoms with Gasteiger partial charge in [0.05, 0.1) is 17.7 Å². The Labute approximate surface area is 168 Å². The minimum atomic E-state index is -3.59. The molecule has 28 heavy (non-hydrogen) atoms. The molecular weight excluding hydrogens is 398 g/mol. The molecule has 0 saturated carbocycles. The molecule has 0 aliphatic carbocycles. The van der Waals surface area contributed by atoms with E-state index in [1.807, 2.05) is 24.3 Å². The fourth-order valence-electron chi connectivity index (χ4n) is 3.13. The van der Waals surface area contributed by atoms with Crippen LogP contribution in [0.4, 0.5) is 0 Å². The van der Waals surface area contributed by atoms with Gasteiger partial charge in [0.15, 0.2) is 5.82 Å². The summed E-state index contributed by atoms with van der Waals surface area (Å²) in [7, 11) is -1.97. The Balaban J connectivity index is 1.58. The van der Waals surface area contributed by atoms with Gasteiger partial charge < -0.3 is 4.74 Å². The summed E-state index contributed by atoms with van der Waals surface area (Å²) in [5.41, 5.74) is 2.59. The van der Waals surface area contributed by atoms with Crippen LogP contribution < -0.4 is 4.74 Å². The van der Waals surface area contributed by atoms with E-state index in [1.165, 1.54) is 16.4 Å². The highest BCUT2D eigenvalue weighted by molar-refractivity contribution is 7.89. The van der Waals surface area contributed by atoms with Gasteiger partial charge in [-0.1, -0.05) is 11.6 Å². The van der Waals surface area contributed by atoms with E-state index in [0.717, 1.165) is 22.6 Å². The zero-order chi connectivity index (χ0) is 19.7. The summed E-state index contributed by atoms with van der Waals surface area (Å²) in [5.74, 6) is 1.39. The van der Waals surface area contributed by atoms with Gasteiger partial charge in [-0.3, -0.25) is 0 Å². The fourth-order valence-corrected chi connectivity index (χ4v) is 4.68. The van der Waals surface area contributed by atoms with Crippen molar-refractivity contribution in [1.82, 2.24) is 14.3 Å². The summed E-state index contributed by atoms with van der Waals surface area (Å²) < 4.78 is 32.4. The molecule has 144 valence electrons. The first-order chi connectivity index (χ1) is 13.5. The average Bonchev–Trinajstić information content (AvgIpc) is 2.73. The molecule has 0 spiro atoms. The Bertz CT molecular complexity index is 1100. The van der Waals surface area contributed by atoms with E-state index >= 15 is 0 Å². The third-order valence-electron chi connectivity index (χ3n) is 4.70. The van der Waals surface area contributed by atoms with Gasteiger partial charge in [0.25, 0.3) is 0 Å². The van der Waals surface area contributed by atoms with E-state index < -0.39 is 10.0 Å². The first-order valence-electron chi connectivity index (χ1n) is 8.72. The second kappa shape index (κ2) is 7.50. The van der Waals surface area contributed by atoms with Crippen LogP contribution >= 0.6 is 11.6 Å². The van der Waals surface area contributed by atoms with Crippen molar-refractivity contribution in [2.75, 3.05) is 13.7 Å². The molecule has 1 aliphatic heterocycles. The Morgan fingerprint density at radius 1 is 1.07 bits per heavy atom. The zero-order valence-corrected chi connectivity index (χ0v) is 16.7. The maximum Gasteiger partial charge on any atom is 0.243 e. The predicted octanol–water partition coefficient (Wildman–Crippen LogP) is 3.55. The number of benzene rings is 2. The number of hydrogen-bond acceptors (Lipinski definition) is 5. The minimum absolute atomic E-state index is 0.233. The lowest BCUT2D eigenvalue weighted by Crippen LogP contribution is -2.36. The molecule has 0 fully saturated rings. The standard InChI is InChI=1S/C20H18ClN3O3S/c1-27-17-6-2-14(3-7-17)20-22-12-15-13-24(11-10-19(15)23-20)28(25,26)18-8-4-16(21)5-9-18/h2-9,12H,10-11,13H2,1H3. The molecular formula is C20H18ClN3O3S. The van der Waals surface area contributed by atoms with Gasteiger partial charge in [0.1, 0.15) is 5.75 Å². The van der Waals surface area contributed by atoms with E-state index in [9.17, 15) is 8.42 Å². The van der Waals surface area contributed by atoms with Crippen LogP contribution in [0.15, 0.2) is 59.6 Å². The molecule has 2 aromatic carbocycles. The monoisotopic (exact) mass is 415 g/mol. The van der Waals surface area contributed by atoms with Crippen molar-refractivity contribution in [3.8, 4) is 17.1 Å². The second-order valence-electron chi connectivity index (χ2n) is 6.44. The third kappa shape index (κ3) is 3.61. The molecule has 0 amide bonds. The van der Waals surface area contributed by atoms with E-state index in [4.69, 9.17) is 16.3 Å². The molecule has 0 atom stereocenters. The van der Waals surface area contributed by atoms with E-state index in [2.05, 4.69) is 9.97 Å². The first kappa shape index (κ1) is 18.9. The summed E-state index contributed by atoms with van der Waals surface area (Å²) >= 11 is 5.86. The summed E-state index contributed by atoms with van der Waals surface area (Å²) in [6.45, 7) is 0.625. The van der Waals surface area contributed by atoms with Crippen molar-refractivity contribution in [3.63, 3.8) is 0 Å². The lowest BCUT2D eigenvalue weighted by atomic mass is 10.1. The number of hydrogen-bond donors (Lipinski definition) is 0. The maximum atomic E-state index is 12.9. The SMILES string of the molecule is COc1ccc(-c2ncc3c(n2)CCN(S(=O)(=O)c2ccc(Cl)cc2)C3)cc1. The summed E-state index contributed by atoms with van der Waals surface area (Å²) in [4.78, 5) is 9.31. The normalized spacial score (nSPS) is 14.5. The van der Waals surface area contributed by atoms with Crippen LogP contribution in [-0.4, -0.2) is 36.3 Å². The van der Waals surface area contributed by atoms with Gasteiger partial charge in [-0.2, -0.15) is 4.31 Å². The number of aromatic nitrogens is 2. The highest BCUT2D eigenvalue weighted by Gasteiger charge is 2.29. The topological polar surface area (TPSA) is 72.4 Å². The number of halogens is 1. The number of fused-ring (bicyclic) bond motifs is 1. The zero-order valence-electron chi connectivity index (χ0n) is 15.2. The van der Waals surface area contributed by atoms with Crippen molar-refractivity contribution in [1.29, 1.82) is 0 Å². The third-order valence-corrected chi connectivity index (χ3v) is 6.81.